The molecule has 0 amide bonds. The monoisotopic (exact) mass is 322 g/mol. The standard InChI is InChI=1S/C19H22N4O/c1-24-16-7-6-14-12-21-19(22-15-8-10-20-11-9-15)23-18(14)17(16)13-4-2-3-5-13/h7-13,17H,2-6H2,1H3,(H,20,21,22,23). The van der Waals surface area contributed by atoms with Crippen LogP contribution in [0.1, 0.15) is 42.9 Å². The zero-order valence-corrected chi connectivity index (χ0v) is 13.9. The molecule has 0 saturated heterocycles. The van der Waals surface area contributed by atoms with Gasteiger partial charge in [0.25, 0.3) is 0 Å². The molecule has 1 saturated carbocycles. The van der Waals surface area contributed by atoms with E-state index in [9.17, 15) is 0 Å². The van der Waals surface area contributed by atoms with E-state index in [0.29, 0.717) is 11.9 Å². The van der Waals surface area contributed by atoms with E-state index in [2.05, 4.69) is 21.4 Å². The molecular formula is C19H22N4O. The van der Waals surface area contributed by atoms with E-state index in [1.807, 2.05) is 18.3 Å². The molecule has 24 heavy (non-hydrogen) atoms. The molecule has 5 heteroatoms. The second kappa shape index (κ2) is 6.59. The minimum Gasteiger partial charge on any atom is -0.501 e. The number of nitrogens with one attached hydrogen (secondary N) is 1. The van der Waals surface area contributed by atoms with Crippen LogP contribution < -0.4 is 5.32 Å². The Morgan fingerprint density at radius 3 is 2.71 bits per heavy atom. The molecule has 124 valence electrons. The van der Waals surface area contributed by atoms with Crippen molar-refractivity contribution in [3.05, 3.63) is 53.8 Å². The number of ether oxygens (including phenoxy) is 1. The van der Waals surface area contributed by atoms with Gasteiger partial charge in [0.15, 0.2) is 0 Å². The van der Waals surface area contributed by atoms with Crippen LogP contribution in [-0.4, -0.2) is 22.1 Å². The number of nitrogens with zero attached hydrogens (tertiary/aromatic N) is 3. The molecule has 1 N–H and O–H groups in total. The quantitative estimate of drug-likeness (QED) is 0.922. The second-order valence-corrected chi connectivity index (χ2v) is 6.50. The Morgan fingerprint density at radius 2 is 1.96 bits per heavy atom. The van der Waals surface area contributed by atoms with E-state index in [1.54, 1.807) is 19.5 Å². The Kier molecular flexibility index (Phi) is 4.15. The summed E-state index contributed by atoms with van der Waals surface area (Å²) in [5.74, 6) is 2.60. The van der Waals surface area contributed by atoms with E-state index < -0.39 is 0 Å². The first-order valence-electron chi connectivity index (χ1n) is 8.62. The highest BCUT2D eigenvalue weighted by molar-refractivity contribution is 5.52. The van der Waals surface area contributed by atoms with Crippen molar-refractivity contribution in [3.63, 3.8) is 0 Å². The number of anilines is 2. The van der Waals surface area contributed by atoms with Crippen LogP contribution in [0.2, 0.25) is 0 Å². The number of hydrogen-bond acceptors (Lipinski definition) is 5. The molecule has 1 atom stereocenters. The topological polar surface area (TPSA) is 59.9 Å². The number of methoxy groups -OCH3 is 1. The zero-order chi connectivity index (χ0) is 16.4. The minimum atomic E-state index is 0.266. The third kappa shape index (κ3) is 2.86. The molecule has 4 rings (SSSR count). The van der Waals surface area contributed by atoms with Gasteiger partial charge < -0.3 is 10.1 Å². The fourth-order valence-corrected chi connectivity index (χ4v) is 3.90. The molecule has 0 bridgehead atoms. The van der Waals surface area contributed by atoms with Gasteiger partial charge in [0.05, 0.1) is 18.7 Å². The van der Waals surface area contributed by atoms with Crippen molar-refractivity contribution in [1.29, 1.82) is 0 Å². The van der Waals surface area contributed by atoms with Gasteiger partial charge in [-0.2, -0.15) is 0 Å². The molecule has 0 aromatic carbocycles. The summed E-state index contributed by atoms with van der Waals surface area (Å²) < 4.78 is 5.70. The fourth-order valence-electron chi connectivity index (χ4n) is 3.90. The van der Waals surface area contributed by atoms with Crippen molar-refractivity contribution >= 4 is 11.6 Å². The lowest BCUT2D eigenvalue weighted by atomic mass is 9.81. The summed E-state index contributed by atoms with van der Waals surface area (Å²) in [6, 6.07) is 3.83. The predicted molar refractivity (Wildman–Crippen MR) is 93.0 cm³/mol. The zero-order valence-electron chi connectivity index (χ0n) is 13.9. The van der Waals surface area contributed by atoms with Crippen LogP contribution in [0.15, 0.2) is 42.6 Å². The van der Waals surface area contributed by atoms with Crippen LogP contribution in [0, 0.1) is 5.92 Å². The number of rotatable bonds is 4. The minimum absolute atomic E-state index is 0.266. The van der Waals surface area contributed by atoms with Gasteiger partial charge in [-0.1, -0.05) is 12.8 Å². The van der Waals surface area contributed by atoms with Gasteiger partial charge in [0, 0.05) is 24.3 Å². The van der Waals surface area contributed by atoms with Crippen LogP contribution in [0.25, 0.3) is 0 Å². The SMILES string of the molecule is COC1=CCc2cnc(Nc3ccncc3)nc2C1C1CCCC1. The molecule has 1 unspecified atom stereocenters. The van der Waals surface area contributed by atoms with Gasteiger partial charge in [0.2, 0.25) is 5.95 Å². The number of allylic oxidation sites excluding steroid dienone is 2. The Balaban J connectivity index is 1.67. The highest BCUT2D eigenvalue weighted by atomic mass is 16.5. The van der Waals surface area contributed by atoms with Crippen molar-refractivity contribution < 1.29 is 4.74 Å². The smallest absolute Gasteiger partial charge is 0.227 e. The third-order valence-corrected chi connectivity index (χ3v) is 5.07. The molecular weight excluding hydrogens is 300 g/mol. The van der Waals surface area contributed by atoms with Crippen LogP contribution in [0.4, 0.5) is 11.6 Å². The van der Waals surface area contributed by atoms with Crippen molar-refractivity contribution in [2.45, 2.75) is 38.0 Å². The lowest BCUT2D eigenvalue weighted by Gasteiger charge is -2.29. The molecule has 2 aliphatic carbocycles. The maximum Gasteiger partial charge on any atom is 0.227 e. The summed E-state index contributed by atoms with van der Waals surface area (Å²) in [5, 5.41) is 3.28. The number of pyridine rings is 1. The highest BCUT2D eigenvalue weighted by Crippen LogP contribution is 2.44. The molecule has 2 aromatic heterocycles. The molecule has 0 spiro atoms. The van der Waals surface area contributed by atoms with Gasteiger partial charge in [-0.05, 0) is 49.0 Å². The molecule has 2 aliphatic rings. The van der Waals surface area contributed by atoms with E-state index in [4.69, 9.17) is 9.72 Å². The molecule has 2 aromatic rings. The summed E-state index contributed by atoms with van der Waals surface area (Å²) >= 11 is 0. The molecule has 1 fully saturated rings. The summed E-state index contributed by atoms with van der Waals surface area (Å²) in [6.45, 7) is 0. The first-order valence-corrected chi connectivity index (χ1v) is 8.62. The fraction of sp³-hybridized carbons (Fsp3) is 0.421. The first-order chi connectivity index (χ1) is 11.8. The Labute approximate surface area is 142 Å². The summed E-state index contributed by atoms with van der Waals surface area (Å²) in [7, 11) is 1.77. The average molecular weight is 322 g/mol. The maximum absolute atomic E-state index is 5.70. The van der Waals surface area contributed by atoms with E-state index in [0.717, 1.165) is 23.6 Å². The lowest BCUT2D eigenvalue weighted by Crippen LogP contribution is -2.21. The van der Waals surface area contributed by atoms with Crippen LogP contribution >= 0.6 is 0 Å². The van der Waals surface area contributed by atoms with Gasteiger partial charge >= 0.3 is 0 Å². The van der Waals surface area contributed by atoms with Crippen LogP contribution in [-0.2, 0) is 11.2 Å². The Hall–Kier alpha value is -2.43. The van der Waals surface area contributed by atoms with Crippen LogP contribution in [0.3, 0.4) is 0 Å². The van der Waals surface area contributed by atoms with Gasteiger partial charge in [0.1, 0.15) is 5.76 Å². The summed E-state index contributed by atoms with van der Waals surface area (Å²) in [4.78, 5) is 13.4. The van der Waals surface area contributed by atoms with E-state index >= 15 is 0 Å². The normalized spacial score (nSPS) is 20.4. The molecule has 0 radical (unpaired) electrons. The number of aromatic nitrogens is 3. The second-order valence-electron chi connectivity index (χ2n) is 6.50. The predicted octanol–water partition coefficient (Wildman–Crippen LogP) is 3.98. The maximum atomic E-state index is 5.70. The van der Waals surface area contributed by atoms with E-state index in [1.165, 1.54) is 31.2 Å². The number of fused-ring (bicyclic) bond motifs is 1. The van der Waals surface area contributed by atoms with Crippen molar-refractivity contribution in [3.8, 4) is 0 Å². The Bertz CT molecular complexity index is 738. The highest BCUT2D eigenvalue weighted by Gasteiger charge is 2.35. The molecule has 0 aliphatic heterocycles. The third-order valence-electron chi connectivity index (χ3n) is 5.07. The van der Waals surface area contributed by atoms with Gasteiger partial charge in [-0.3, -0.25) is 4.98 Å². The molecule has 5 nitrogen and oxygen atoms in total. The number of hydrogen-bond donors (Lipinski definition) is 1. The van der Waals surface area contributed by atoms with Crippen molar-refractivity contribution in [2.75, 3.05) is 12.4 Å². The van der Waals surface area contributed by atoms with Crippen molar-refractivity contribution in [2.24, 2.45) is 5.92 Å². The molecule has 2 heterocycles. The Morgan fingerprint density at radius 1 is 1.17 bits per heavy atom. The summed E-state index contributed by atoms with van der Waals surface area (Å²) in [6.07, 6.45) is 13.6. The first kappa shape index (κ1) is 15.1. The van der Waals surface area contributed by atoms with Gasteiger partial charge in [-0.25, -0.2) is 9.97 Å². The largest absolute Gasteiger partial charge is 0.501 e. The average Bonchev–Trinajstić information content (AvgIpc) is 3.15. The van der Waals surface area contributed by atoms with Gasteiger partial charge in [-0.15, -0.1) is 0 Å². The van der Waals surface area contributed by atoms with E-state index in [-0.39, 0.29) is 5.92 Å². The summed E-state index contributed by atoms with van der Waals surface area (Å²) in [5.41, 5.74) is 3.29. The lowest BCUT2D eigenvalue weighted by molar-refractivity contribution is 0.232. The van der Waals surface area contributed by atoms with Crippen LogP contribution in [0.5, 0.6) is 0 Å². The van der Waals surface area contributed by atoms with Crippen molar-refractivity contribution in [1.82, 2.24) is 15.0 Å².